The highest BCUT2D eigenvalue weighted by Gasteiger charge is 2.14. The van der Waals surface area contributed by atoms with E-state index < -0.39 is 23.9 Å². The summed E-state index contributed by atoms with van der Waals surface area (Å²) in [5.41, 5.74) is -0.189. The number of hydrogen-bond donors (Lipinski definition) is 3. The van der Waals surface area contributed by atoms with E-state index in [9.17, 15) is 9.59 Å². The van der Waals surface area contributed by atoms with Gasteiger partial charge in [0.15, 0.2) is 6.61 Å². The topological polar surface area (TPSA) is 117 Å². The molecule has 0 spiro atoms. The summed E-state index contributed by atoms with van der Waals surface area (Å²) in [5.74, 6) is -2.39. The Kier molecular flexibility index (Phi) is 4.55. The lowest BCUT2D eigenvalue weighted by Gasteiger charge is -2.08. The zero-order valence-corrected chi connectivity index (χ0v) is 8.44. The van der Waals surface area contributed by atoms with E-state index in [1.165, 1.54) is 24.3 Å². The third-order valence-corrected chi connectivity index (χ3v) is 1.64. The summed E-state index contributed by atoms with van der Waals surface area (Å²) in [7, 11) is 0. The molecule has 0 saturated heterocycles. The second-order valence-electron chi connectivity index (χ2n) is 2.80. The Hall–Kier alpha value is -2.00. The van der Waals surface area contributed by atoms with Crippen LogP contribution in [-0.2, 0) is 9.63 Å². The van der Waals surface area contributed by atoms with Gasteiger partial charge in [0.1, 0.15) is 11.3 Å². The normalized spacial score (nSPS) is 10.3. The largest absolute Gasteiger partial charge is 0.478 e. The van der Waals surface area contributed by atoms with Gasteiger partial charge in [0.2, 0.25) is 0 Å². The minimum Gasteiger partial charge on any atom is -0.478 e. The van der Waals surface area contributed by atoms with Gasteiger partial charge in [0.25, 0.3) is 0 Å². The summed E-state index contributed by atoms with van der Waals surface area (Å²) in [6.45, 7) is -0.777. The van der Waals surface area contributed by atoms with Crippen LogP contribution in [0.2, 0.25) is 0 Å². The quantitative estimate of drug-likeness (QED) is 0.384. The molecule has 17 heavy (non-hydrogen) atoms. The lowest BCUT2D eigenvalue weighted by atomic mass is 10.2. The number of carbonyl (C=O) groups is 2. The van der Waals surface area contributed by atoms with Crippen LogP contribution < -0.4 is 4.74 Å². The van der Waals surface area contributed by atoms with E-state index in [2.05, 4.69) is 9.57 Å². The molecule has 0 bridgehead atoms. The number of rotatable bonds is 5. The fourth-order valence-electron chi connectivity index (χ4n) is 0.995. The van der Waals surface area contributed by atoms with Gasteiger partial charge in [0, 0.05) is 0 Å². The molecule has 0 aromatic heterocycles. The Bertz CT molecular complexity index is 418. The molecule has 0 amide bonds. The van der Waals surface area contributed by atoms with Crippen molar-refractivity contribution in [2.24, 2.45) is 0 Å². The van der Waals surface area contributed by atoms with Crippen LogP contribution in [0.1, 0.15) is 10.4 Å². The predicted molar refractivity (Wildman–Crippen MR) is 50.4 cm³/mol. The van der Waals surface area contributed by atoms with E-state index in [0.717, 1.165) is 0 Å². The predicted octanol–water partition coefficient (Wildman–Crippen LogP) is 0.302. The maximum Gasteiger partial charge on any atom is 0.339 e. The van der Waals surface area contributed by atoms with E-state index in [1.54, 1.807) is 0 Å². The van der Waals surface area contributed by atoms with Gasteiger partial charge in [-0.2, -0.15) is 0 Å². The molecule has 0 unspecified atom stereocenters. The zero-order chi connectivity index (χ0) is 12.8. The maximum atomic E-state index is 11.1. The van der Waals surface area contributed by atoms with Crippen molar-refractivity contribution < 1.29 is 34.7 Å². The molecule has 92 valence electrons. The summed E-state index contributed by atoms with van der Waals surface area (Å²) in [4.78, 5) is 25.9. The van der Waals surface area contributed by atoms with Gasteiger partial charge in [0.05, 0.1) is 5.39 Å². The van der Waals surface area contributed by atoms with Crippen LogP contribution >= 0.6 is 0 Å². The second kappa shape index (κ2) is 5.92. The van der Waals surface area contributed by atoms with Crippen LogP contribution in [0.3, 0.4) is 0 Å². The van der Waals surface area contributed by atoms with Gasteiger partial charge in [-0.05, 0) is 12.1 Å². The Morgan fingerprint density at radius 3 is 2.47 bits per heavy atom. The number of benzene rings is 1. The number of nitrogens with zero attached hydrogens (tertiary/aromatic N) is 1. The first-order valence-corrected chi connectivity index (χ1v) is 4.34. The van der Waals surface area contributed by atoms with Gasteiger partial charge in [-0.1, -0.05) is 12.1 Å². The molecule has 8 heteroatoms. The first-order chi connectivity index (χ1) is 8.00. The highest BCUT2D eigenvalue weighted by Crippen LogP contribution is 2.17. The number of hydrogen-bond acceptors (Lipinski definition) is 7. The minimum absolute atomic E-state index is 0.156. The third kappa shape index (κ3) is 4.17. The van der Waals surface area contributed by atoms with Crippen molar-refractivity contribution >= 4 is 11.9 Å². The smallest absolute Gasteiger partial charge is 0.339 e. The van der Waals surface area contributed by atoms with Crippen LogP contribution in [0.4, 0.5) is 0 Å². The van der Waals surface area contributed by atoms with Gasteiger partial charge in [-0.15, -0.1) is 0 Å². The molecule has 0 aliphatic heterocycles. The molecule has 0 radical (unpaired) electrons. The minimum atomic E-state index is -1.25. The molecule has 0 saturated carbocycles. The maximum absolute atomic E-state index is 11.1. The molecule has 1 rings (SSSR count). The number of carboxylic acids is 1. The summed E-state index contributed by atoms with van der Waals surface area (Å²) in [6, 6.07) is 5.51. The Morgan fingerprint density at radius 2 is 1.88 bits per heavy atom. The molecule has 1 aromatic rings. The van der Waals surface area contributed by atoms with Gasteiger partial charge in [-0.3, -0.25) is 10.4 Å². The summed E-state index contributed by atoms with van der Waals surface area (Å²) >= 11 is 0. The lowest BCUT2D eigenvalue weighted by molar-refractivity contribution is -0.489. The first kappa shape index (κ1) is 13.1. The number of carbonyl (C=O) groups excluding carboxylic acids is 1. The molecule has 1 aromatic carbocycles. The van der Waals surface area contributed by atoms with Crippen LogP contribution in [0.25, 0.3) is 0 Å². The van der Waals surface area contributed by atoms with Crippen LogP contribution in [0.15, 0.2) is 24.3 Å². The van der Waals surface area contributed by atoms with Crippen LogP contribution in [0, 0.1) is 0 Å². The Morgan fingerprint density at radius 1 is 1.24 bits per heavy atom. The van der Waals surface area contributed by atoms with Crippen LogP contribution in [-0.4, -0.2) is 39.5 Å². The molecule has 8 nitrogen and oxygen atoms in total. The average molecular weight is 243 g/mol. The van der Waals surface area contributed by atoms with Gasteiger partial charge < -0.3 is 9.84 Å². The fourth-order valence-corrected chi connectivity index (χ4v) is 0.995. The van der Waals surface area contributed by atoms with E-state index in [1.807, 2.05) is 0 Å². The average Bonchev–Trinajstić information content (AvgIpc) is 2.27. The van der Waals surface area contributed by atoms with Crippen molar-refractivity contribution in [2.75, 3.05) is 6.61 Å². The molecule has 0 aliphatic rings. The van der Waals surface area contributed by atoms with E-state index in [-0.39, 0.29) is 11.3 Å². The molecule has 0 fully saturated rings. The van der Waals surface area contributed by atoms with Gasteiger partial charge >= 0.3 is 11.9 Å². The van der Waals surface area contributed by atoms with Crippen molar-refractivity contribution in [3.8, 4) is 5.75 Å². The second-order valence-corrected chi connectivity index (χ2v) is 2.80. The van der Waals surface area contributed by atoms with Crippen molar-refractivity contribution in [1.82, 2.24) is 5.39 Å². The number of aromatic carboxylic acids is 1. The molecule has 3 N–H and O–H groups in total. The van der Waals surface area contributed by atoms with Crippen molar-refractivity contribution in [2.45, 2.75) is 0 Å². The van der Waals surface area contributed by atoms with Crippen molar-refractivity contribution in [3.63, 3.8) is 0 Å². The zero-order valence-electron chi connectivity index (χ0n) is 8.44. The molecule has 0 aliphatic carbocycles. The number of ether oxygens (including phenoxy) is 1. The summed E-state index contributed by atoms with van der Waals surface area (Å²) < 4.78 is 4.66. The summed E-state index contributed by atoms with van der Waals surface area (Å²) in [5, 5.41) is 24.5. The van der Waals surface area contributed by atoms with Crippen molar-refractivity contribution in [1.29, 1.82) is 0 Å². The standard InChI is InChI=1S/C9H9NO7/c11-8(5-16-10(14)15)17-7-4-2-1-3-6(7)9(12)13/h1-4,14-15H,5H2,(H,12,13). The third-order valence-electron chi connectivity index (χ3n) is 1.64. The van der Waals surface area contributed by atoms with Crippen LogP contribution in [0.5, 0.6) is 5.75 Å². The van der Waals surface area contributed by atoms with Crippen molar-refractivity contribution in [3.05, 3.63) is 29.8 Å². The molecule has 0 heterocycles. The monoisotopic (exact) mass is 243 g/mol. The molecule has 0 atom stereocenters. The van der Waals surface area contributed by atoms with E-state index in [4.69, 9.17) is 15.5 Å². The molecular formula is C9H9NO7. The number of esters is 1. The highest BCUT2D eigenvalue weighted by molar-refractivity contribution is 5.92. The lowest BCUT2D eigenvalue weighted by Crippen LogP contribution is -2.23. The first-order valence-electron chi connectivity index (χ1n) is 4.34. The number of para-hydroxylation sites is 1. The Balaban J connectivity index is 2.68. The fraction of sp³-hybridized carbons (Fsp3) is 0.111. The van der Waals surface area contributed by atoms with E-state index in [0.29, 0.717) is 0 Å². The summed E-state index contributed by atoms with van der Waals surface area (Å²) in [6.07, 6.45) is 0. The SMILES string of the molecule is O=C(CON(O)O)Oc1ccccc1C(=O)O. The Labute approximate surface area is 95.1 Å². The number of carboxylic acid groups (broad SMARTS) is 1. The highest BCUT2D eigenvalue weighted by atomic mass is 17.1. The molecular weight excluding hydrogens is 234 g/mol. The van der Waals surface area contributed by atoms with Gasteiger partial charge in [-0.25, -0.2) is 14.4 Å². The van der Waals surface area contributed by atoms with E-state index >= 15 is 0 Å².